The molecule has 0 radical (unpaired) electrons. The van der Waals surface area contributed by atoms with Crippen LogP contribution in [0.3, 0.4) is 0 Å². The minimum Gasteiger partial charge on any atom is -0.508 e. The molecule has 2 fully saturated rings. The van der Waals surface area contributed by atoms with Crippen molar-refractivity contribution in [1.29, 1.82) is 0 Å². The van der Waals surface area contributed by atoms with Crippen LogP contribution >= 0.6 is 0 Å². The number of carbonyl (C=O) groups is 2. The molecule has 4 atom stereocenters. The molecule has 1 aromatic rings. The standard InChI is InChI=1S/C24H30BNO6/c1-3-14(9-15-5-4-6-17(28)10-15)7-8-20-21-16(13-27)11-18-22(19(21)12-25(31)32-20)24(30)26(2)23(18)29/h4-6,9-10,18-20,22,27-28,31H,3,7-8,11-13H2,1-2H3/b14-9+/t18-,19+,20-,22-/m1/s1. The Bertz CT molecular complexity index is 973. The van der Waals surface area contributed by atoms with Crippen molar-refractivity contribution in [2.24, 2.45) is 17.8 Å². The van der Waals surface area contributed by atoms with Gasteiger partial charge in [0.25, 0.3) is 0 Å². The van der Waals surface area contributed by atoms with Gasteiger partial charge in [0.05, 0.1) is 24.5 Å². The van der Waals surface area contributed by atoms with Crippen LogP contribution in [-0.4, -0.2) is 58.8 Å². The molecule has 0 aromatic heterocycles. The average molecular weight is 439 g/mol. The Balaban J connectivity index is 1.59. The summed E-state index contributed by atoms with van der Waals surface area (Å²) in [6, 6.07) is 7.07. The van der Waals surface area contributed by atoms with Crippen molar-refractivity contribution in [2.45, 2.75) is 45.0 Å². The Morgan fingerprint density at radius 1 is 1.28 bits per heavy atom. The number of amides is 2. The van der Waals surface area contributed by atoms with Gasteiger partial charge in [-0.1, -0.05) is 30.7 Å². The minimum absolute atomic E-state index is 0.185. The van der Waals surface area contributed by atoms with Crippen LogP contribution in [0.5, 0.6) is 5.75 Å². The van der Waals surface area contributed by atoms with E-state index in [-0.39, 0.29) is 36.4 Å². The van der Waals surface area contributed by atoms with E-state index in [1.807, 2.05) is 12.1 Å². The van der Waals surface area contributed by atoms with Gasteiger partial charge in [0.15, 0.2) is 0 Å². The fourth-order valence-corrected chi connectivity index (χ4v) is 5.59. The van der Waals surface area contributed by atoms with Crippen LogP contribution in [0.25, 0.3) is 6.08 Å². The van der Waals surface area contributed by atoms with Gasteiger partial charge in [-0.2, -0.15) is 0 Å². The molecule has 1 aliphatic carbocycles. The maximum absolute atomic E-state index is 12.8. The second-order valence-electron chi connectivity index (χ2n) is 9.00. The number of imide groups is 1. The molecule has 2 aliphatic heterocycles. The van der Waals surface area contributed by atoms with Crippen LogP contribution in [0, 0.1) is 17.8 Å². The first-order chi connectivity index (χ1) is 15.3. The number of phenolic OH excluding ortho intramolecular Hbond substituents is 1. The van der Waals surface area contributed by atoms with Gasteiger partial charge < -0.3 is 19.9 Å². The lowest BCUT2D eigenvalue weighted by Crippen LogP contribution is -2.46. The SMILES string of the molecule is CC/C(=C\c1cccc(O)c1)CC[C@H]1OB(O)C[C@H]2C1=C(CO)C[C@H]1C(=O)N(C)C(=O)[C@H]12. The molecule has 32 heavy (non-hydrogen) atoms. The summed E-state index contributed by atoms with van der Waals surface area (Å²) in [6.07, 6.45) is 4.37. The number of aromatic hydroxyl groups is 1. The Hall–Kier alpha value is -2.42. The number of aliphatic hydroxyl groups excluding tert-OH is 1. The normalized spacial score (nSPS) is 28.3. The van der Waals surface area contributed by atoms with Gasteiger partial charge in [-0.15, -0.1) is 0 Å². The van der Waals surface area contributed by atoms with Crippen molar-refractivity contribution in [1.82, 2.24) is 4.90 Å². The summed E-state index contributed by atoms with van der Waals surface area (Å²) in [5.74, 6) is -1.45. The van der Waals surface area contributed by atoms with Crippen molar-refractivity contribution >= 4 is 25.0 Å². The highest BCUT2D eigenvalue weighted by atomic mass is 16.5. The number of hydrogen-bond donors (Lipinski definition) is 3. The largest absolute Gasteiger partial charge is 0.508 e. The van der Waals surface area contributed by atoms with Crippen LogP contribution in [0.15, 0.2) is 41.0 Å². The number of carbonyl (C=O) groups excluding carboxylic acids is 2. The van der Waals surface area contributed by atoms with E-state index in [2.05, 4.69) is 6.92 Å². The Labute approximate surface area is 188 Å². The molecular formula is C24H30BNO6. The van der Waals surface area contributed by atoms with Crippen LogP contribution in [0.4, 0.5) is 0 Å². The molecule has 2 saturated heterocycles. The van der Waals surface area contributed by atoms with Crippen LogP contribution < -0.4 is 0 Å². The van der Waals surface area contributed by atoms with Gasteiger partial charge in [0.1, 0.15) is 5.75 Å². The molecule has 0 saturated carbocycles. The van der Waals surface area contributed by atoms with Gasteiger partial charge in [-0.05, 0) is 66.8 Å². The van der Waals surface area contributed by atoms with Crippen molar-refractivity contribution < 1.29 is 29.5 Å². The zero-order valence-corrected chi connectivity index (χ0v) is 18.5. The third-order valence-electron chi connectivity index (χ3n) is 7.14. The van der Waals surface area contributed by atoms with E-state index in [1.54, 1.807) is 18.2 Å². The number of benzene rings is 1. The van der Waals surface area contributed by atoms with Crippen molar-refractivity contribution in [3.8, 4) is 5.75 Å². The highest BCUT2D eigenvalue weighted by molar-refractivity contribution is 6.43. The van der Waals surface area contributed by atoms with Crippen LogP contribution in [-0.2, 0) is 14.2 Å². The zero-order chi connectivity index (χ0) is 23.0. The van der Waals surface area contributed by atoms with Gasteiger partial charge in [-0.3, -0.25) is 14.5 Å². The van der Waals surface area contributed by atoms with Gasteiger partial charge >= 0.3 is 7.12 Å². The van der Waals surface area contributed by atoms with Gasteiger partial charge in [-0.25, -0.2) is 0 Å². The van der Waals surface area contributed by atoms with Crippen molar-refractivity contribution in [2.75, 3.05) is 13.7 Å². The molecule has 2 amide bonds. The monoisotopic (exact) mass is 439 g/mol. The summed E-state index contributed by atoms with van der Waals surface area (Å²) in [5.41, 5.74) is 3.74. The lowest BCUT2D eigenvalue weighted by atomic mass is 9.58. The molecule has 3 aliphatic rings. The first-order valence-electron chi connectivity index (χ1n) is 11.3. The molecule has 170 valence electrons. The fraction of sp³-hybridized carbons (Fsp3) is 0.500. The Morgan fingerprint density at radius 2 is 2.06 bits per heavy atom. The summed E-state index contributed by atoms with van der Waals surface area (Å²) in [6.45, 7) is 1.88. The molecule has 2 heterocycles. The molecular weight excluding hydrogens is 409 g/mol. The molecule has 8 heteroatoms. The first kappa shape index (κ1) is 22.8. The fourth-order valence-electron chi connectivity index (χ4n) is 5.59. The predicted octanol–water partition coefficient (Wildman–Crippen LogP) is 2.38. The van der Waals surface area contributed by atoms with Crippen molar-refractivity contribution in [3.05, 3.63) is 46.5 Å². The maximum Gasteiger partial charge on any atom is 0.455 e. The first-order valence-corrected chi connectivity index (χ1v) is 11.3. The number of allylic oxidation sites excluding steroid dienone is 1. The third-order valence-corrected chi connectivity index (χ3v) is 7.14. The molecule has 7 nitrogen and oxygen atoms in total. The van der Waals surface area contributed by atoms with Gasteiger partial charge in [0, 0.05) is 7.05 Å². The van der Waals surface area contributed by atoms with Gasteiger partial charge in [0.2, 0.25) is 11.8 Å². The van der Waals surface area contributed by atoms with E-state index in [4.69, 9.17) is 4.65 Å². The number of hydrogen-bond acceptors (Lipinski definition) is 6. The topological polar surface area (TPSA) is 107 Å². The molecule has 0 bridgehead atoms. The summed E-state index contributed by atoms with van der Waals surface area (Å²) >= 11 is 0. The zero-order valence-electron chi connectivity index (χ0n) is 18.5. The molecule has 1 aromatic carbocycles. The van der Waals surface area contributed by atoms with Crippen LogP contribution in [0.1, 0.15) is 38.2 Å². The number of likely N-dealkylation sites (tertiary alicyclic amines) is 1. The number of rotatable bonds is 6. The highest BCUT2D eigenvalue weighted by Crippen LogP contribution is 2.50. The Morgan fingerprint density at radius 3 is 2.75 bits per heavy atom. The summed E-state index contributed by atoms with van der Waals surface area (Å²) < 4.78 is 5.90. The second-order valence-corrected chi connectivity index (χ2v) is 9.00. The molecule has 0 unspecified atom stereocenters. The maximum atomic E-state index is 12.8. The van der Waals surface area contributed by atoms with E-state index < -0.39 is 25.1 Å². The second kappa shape index (κ2) is 9.21. The average Bonchev–Trinajstić information content (AvgIpc) is 2.99. The molecule has 4 rings (SSSR count). The van der Waals surface area contributed by atoms with E-state index in [1.165, 1.54) is 17.5 Å². The predicted molar refractivity (Wildman–Crippen MR) is 120 cm³/mol. The smallest absolute Gasteiger partial charge is 0.455 e. The number of aliphatic hydroxyl groups is 1. The van der Waals surface area contributed by atoms with E-state index in [9.17, 15) is 24.8 Å². The highest BCUT2D eigenvalue weighted by Gasteiger charge is 2.56. The van der Waals surface area contributed by atoms with Crippen LogP contribution in [0.2, 0.25) is 6.32 Å². The number of phenols is 1. The quantitative estimate of drug-likeness (QED) is 0.357. The molecule has 0 spiro atoms. The number of nitrogens with zero attached hydrogens (tertiary/aromatic N) is 1. The summed E-state index contributed by atoms with van der Waals surface area (Å²) in [4.78, 5) is 26.6. The summed E-state index contributed by atoms with van der Waals surface area (Å²) in [5, 5.41) is 30.2. The van der Waals surface area contributed by atoms with Crippen molar-refractivity contribution in [3.63, 3.8) is 0 Å². The van der Waals surface area contributed by atoms with E-state index in [0.29, 0.717) is 19.3 Å². The third kappa shape index (κ3) is 4.14. The minimum atomic E-state index is -1.01. The van der Waals surface area contributed by atoms with E-state index >= 15 is 0 Å². The molecule has 3 N–H and O–H groups in total. The van der Waals surface area contributed by atoms with E-state index in [0.717, 1.165) is 23.1 Å². The lowest BCUT2D eigenvalue weighted by Gasteiger charge is -2.43. The summed E-state index contributed by atoms with van der Waals surface area (Å²) in [7, 11) is 0.496. The lowest BCUT2D eigenvalue weighted by molar-refractivity contribution is -0.138. The number of fused-ring (bicyclic) bond motifs is 3. The Kier molecular flexibility index (Phi) is 6.56.